The van der Waals surface area contributed by atoms with Crippen LogP contribution in [0.2, 0.25) is 0 Å². The number of rotatable bonds is 3. The first-order valence-electron chi connectivity index (χ1n) is 7.34. The van der Waals surface area contributed by atoms with Crippen LogP contribution in [0.3, 0.4) is 0 Å². The number of benzene rings is 1. The summed E-state index contributed by atoms with van der Waals surface area (Å²) in [6.45, 7) is 4.79. The predicted octanol–water partition coefficient (Wildman–Crippen LogP) is 2.64. The van der Waals surface area contributed by atoms with E-state index in [4.69, 9.17) is 0 Å². The van der Waals surface area contributed by atoms with E-state index >= 15 is 0 Å². The molecule has 1 aliphatic heterocycles. The molecule has 1 saturated heterocycles. The Morgan fingerprint density at radius 2 is 1.90 bits per heavy atom. The van der Waals surface area contributed by atoms with Crippen LogP contribution in [0.1, 0.15) is 38.3 Å². The number of hydrogen-bond acceptors (Lipinski definition) is 2. The predicted molar refractivity (Wildman–Crippen MR) is 79.9 cm³/mol. The summed E-state index contributed by atoms with van der Waals surface area (Å²) in [5.74, 6) is -0.598. The fourth-order valence-corrected chi connectivity index (χ4v) is 2.71. The lowest BCUT2D eigenvalue weighted by Crippen LogP contribution is -2.51. The zero-order valence-corrected chi connectivity index (χ0v) is 12.5. The number of carboxylic acids is 1. The van der Waals surface area contributed by atoms with Crippen molar-refractivity contribution in [2.45, 2.75) is 38.8 Å². The van der Waals surface area contributed by atoms with Crippen LogP contribution in [-0.2, 0) is 4.79 Å². The third-order valence-electron chi connectivity index (χ3n) is 4.03. The molecule has 1 aromatic carbocycles. The van der Waals surface area contributed by atoms with Crippen molar-refractivity contribution in [1.82, 2.24) is 10.2 Å². The van der Waals surface area contributed by atoms with Gasteiger partial charge in [-0.2, -0.15) is 0 Å². The third kappa shape index (κ3) is 3.74. The molecule has 1 aliphatic rings. The minimum absolute atomic E-state index is 0.145. The molecular formula is C16H22N2O3. The van der Waals surface area contributed by atoms with Crippen LogP contribution in [0.15, 0.2) is 30.3 Å². The van der Waals surface area contributed by atoms with Gasteiger partial charge in [-0.1, -0.05) is 37.3 Å². The molecule has 3 atom stereocenters. The molecule has 2 N–H and O–H groups in total. The summed E-state index contributed by atoms with van der Waals surface area (Å²) in [6.07, 6.45) is 2.06. The average molecular weight is 290 g/mol. The van der Waals surface area contributed by atoms with Gasteiger partial charge in [-0.15, -0.1) is 0 Å². The van der Waals surface area contributed by atoms with Crippen LogP contribution in [0, 0.1) is 5.92 Å². The quantitative estimate of drug-likeness (QED) is 0.899. The SMILES string of the molecule is CC1CCC(C)N(C(=O)N[C@H](C(=O)O)c2ccccc2)C1. The van der Waals surface area contributed by atoms with Gasteiger partial charge >= 0.3 is 12.0 Å². The lowest BCUT2D eigenvalue weighted by Gasteiger charge is -2.37. The summed E-state index contributed by atoms with van der Waals surface area (Å²) in [5, 5.41) is 12.0. The lowest BCUT2D eigenvalue weighted by atomic mass is 9.95. The van der Waals surface area contributed by atoms with E-state index in [1.807, 2.05) is 13.0 Å². The summed E-state index contributed by atoms with van der Waals surface area (Å²) in [4.78, 5) is 25.6. The monoisotopic (exact) mass is 290 g/mol. The Bertz CT molecular complexity index is 504. The number of nitrogens with one attached hydrogen (secondary N) is 1. The molecule has 2 rings (SSSR count). The molecule has 0 radical (unpaired) electrons. The molecule has 2 amide bonds. The van der Waals surface area contributed by atoms with E-state index in [0.29, 0.717) is 18.0 Å². The van der Waals surface area contributed by atoms with Gasteiger partial charge in [0.2, 0.25) is 0 Å². The smallest absolute Gasteiger partial charge is 0.330 e. The number of hydrogen-bond donors (Lipinski definition) is 2. The van der Waals surface area contributed by atoms with E-state index in [0.717, 1.165) is 12.8 Å². The third-order valence-corrected chi connectivity index (χ3v) is 4.03. The Labute approximate surface area is 125 Å². The maximum Gasteiger partial charge on any atom is 0.330 e. The second-order valence-corrected chi connectivity index (χ2v) is 5.82. The number of carbonyl (C=O) groups is 2. The van der Waals surface area contributed by atoms with Crippen molar-refractivity contribution in [3.05, 3.63) is 35.9 Å². The summed E-state index contributed by atoms with van der Waals surface area (Å²) >= 11 is 0. The Balaban J connectivity index is 2.10. The average Bonchev–Trinajstić information content (AvgIpc) is 2.47. The first-order chi connectivity index (χ1) is 9.99. The van der Waals surface area contributed by atoms with Gasteiger partial charge in [0.15, 0.2) is 6.04 Å². The standard InChI is InChI=1S/C16H22N2O3/c1-11-8-9-12(2)18(10-11)16(21)17-14(15(19)20)13-6-4-3-5-7-13/h3-7,11-12,14H,8-10H2,1-2H3,(H,17,21)(H,19,20)/t11?,12?,14-/m0/s1. The molecule has 2 unspecified atom stereocenters. The molecule has 1 aromatic rings. The van der Waals surface area contributed by atoms with Gasteiger partial charge in [0.1, 0.15) is 0 Å². The molecule has 1 heterocycles. The fraction of sp³-hybridized carbons (Fsp3) is 0.500. The van der Waals surface area contributed by atoms with Crippen LogP contribution in [0.5, 0.6) is 0 Å². The molecule has 0 spiro atoms. The zero-order valence-electron chi connectivity index (χ0n) is 12.5. The number of nitrogens with zero attached hydrogens (tertiary/aromatic N) is 1. The van der Waals surface area contributed by atoms with Crippen molar-refractivity contribution in [2.75, 3.05) is 6.54 Å². The van der Waals surface area contributed by atoms with Crippen LogP contribution in [0.4, 0.5) is 4.79 Å². The van der Waals surface area contributed by atoms with Gasteiger partial charge in [-0.3, -0.25) is 0 Å². The minimum atomic E-state index is -1.05. The molecule has 0 aromatic heterocycles. The van der Waals surface area contributed by atoms with E-state index in [1.165, 1.54) is 0 Å². The molecule has 0 saturated carbocycles. The van der Waals surface area contributed by atoms with Crippen molar-refractivity contribution in [3.63, 3.8) is 0 Å². The number of urea groups is 1. The molecule has 5 heteroatoms. The molecule has 1 fully saturated rings. The van der Waals surface area contributed by atoms with Crippen molar-refractivity contribution in [1.29, 1.82) is 0 Å². The van der Waals surface area contributed by atoms with Crippen LogP contribution >= 0.6 is 0 Å². The van der Waals surface area contributed by atoms with Gasteiger partial charge in [0.25, 0.3) is 0 Å². The molecule has 114 valence electrons. The zero-order chi connectivity index (χ0) is 15.4. The van der Waals surface area contributed by atoms with E-state index in [-0.39, 0.29) is 12.1 Å². The molecule has 0 bridgehead atoms. The number of amides is 2. The van der Waals surface area contributed by atoms with E-state index in [2.05, 4.69) is 12.2 Å². The highest BCUT2D eigenvalue weighted by Gasteiger charge is 2.30. The lowest BCUT2D eigenvalue weighted by molar-refractivity contribution is -0.139. The van der Waals surface area contributed by atoms with Crippen molar-refractivity contribution in [2.24, 2.45) is 5.92 Å². The topological polar surface area (TPSA) is 69.6 Å². The van der Waals surface area contributed by atoms with E-state index in [9.17, 15) is 14.7 Å². The highest BCUT2D eigenvalue weighted by molar-refractivity contribution is 5.83. The van der Waals surface area contributed by atoms with Crippen LogP contribution < -0.4 is 5.32 Å². The normalized spacial score (nSPS) is 23.4. The molecule has 5 nitrogen and oxygen atoms in total. The van der Waals surface area contributed by atoms with Gasteiger partial charge < -0.3 is 15.3 Å². The minimum Gasteiger partial charge on any atom is -0.479 e. The maximum atomic E-state index is 12.4. The second kappa shape index (κ2) is 6.61. The first-order valence-corrected chi connectivity index (χ1v) is 7.34. The van der Waals surface area contributed by atoms with Crippen LogP contribution in [-0.4, -0.2) is 34.6 Å². The number of aliphatic carboxylic acids is 1. The Morgan fingerprint density at radius 1 is 1.24 bits per heavy atom. The van der Waals surface area contributed by atoms with E-state index < -0.39 is 12.0 Å². The van der Waals surface area contributed by atoms with Crippen molar-refractivity contribution in [3.8, 4) is 0 Å². The molecule has 21 heavy (non-hydrogen) atoms. The van der Waals surface area contributed by atoms with Gasteiger partial charge in [0, 0.05) is 12.6 Å². The maximum absolute atomic E-state index is 12.4. The van der Waals surface area contributed by atoms with Gasteiger partial charge in [-0.25, -0.2) is 9.59 Å². The van der Waals surface area contributed by atoms with Gasteiger partial charge in [0.05, 0.1) is 0 Å². The largest absolute Gasteiger partial charge is 0.479 e. The molecule has 0 aliphatic carbocycles. The summed E-state index contributed by atoms with van der Waals surface area (Å²) in [6, 6.07) is 7.60. The Hall–Kier alpha value is -2.04. The number of piperidine rings is 1. The highest BCUT2D eigenvalue weighted by Crippen LogP contribution is 2.22. The Morgan fingerprint density at radius 3 is 2.52 bits per heavy atom. The van der Waals surface area contributed by atoms with Gasteiger partial charge in [-0.05, 0) is 31.2 Å². The first kappa shape index (κ1) is 15.4. The molecular weight excluding hydrogens is 268 g/mol. The van der Waals surface area contributed by atoms with Crippen LogP contribution in [0.25, 0.3) is 0 Å². The highest BCUT2D eigenvalue weighted by atomic mass is 16.4. The summed E-state index contributed by atoms with van der Waals surface area (Å²) in [7, 11) is 0. The number of carboxylic acid groups (broad SMARTS) is 1. The fourth-order valence-electron chi connectivity index (χ4n) is 2.71. The van der Waals surface area contributed by atoms with Crippen molar-refractivity contribution < 1.29 is 14.7 Å². The van der Waals surface area contributed by atoms with E-state index in [1.54, 1.807) is 29.2 Å². The summed E-state index contributed by atoms with van der Waals surface area (Å²) < 4.78 is 0. The second-order valence-electron chi connectivity index (χ2n) is 5.82. The van der Waals surface area contributed by atoms with Crippen molar-refractivity contribution >= 4 is 12.0 Å². The Kier molecular flexibility index (Phi) is 4.83. The number of likely N-dealkylation sites (tertiary alicyclic amines) is 1. The summed E-state index contributed by atoms with van der Waals surface area (Å²) in [5.41, 5.74) is 0.580. The number of carbonyl (C=O) groups excluding carboxylic acids is 1.